The lowest BCUT2D eigenvalue weighted by molar-refractivity contribution is -0.298. The van der Waals surface area contributed by atoms with Crippen molar-refractivity contribution in [2.45, 2.75) is 24.4 Å². The summed E-state index contributed by atoms with van der Waals surface area (Å²) >= 11 is 0. The summed E-state index contributed by atoms with van der Waals surface area (Å²) in [5.74, 6) is -12.6. The van der Waals surface area contributed by atoms with Gasteiger partial charge in [-0.05, 0) is 0 Å². The molecule has 1 N–H and O–H groups in total. The molecule has 1 heterocycles. The maximum atomic E-state index is 13.2. The first kappa shape index (κ1) is 18.9. The van der Waals surface area contributed by atoms with Gasteiger partial charge in [0.15, 0.2) is 0 Å². The number of carbonyl (C=O) groups excluding carboxylic acids is 1. The van der Waals surface area contributed by atoms with Crippen LogP contribution in [0.5, 0.6) is 0 Å². The maximum Gasteiger partial charge on any atom is 0.453 e. The first-order chi connectivity index (χ1) is 9.96. The van der Waals surface area contributed by atoms with E-state index in [9.17, 15) is 35.5 Å². The van der Waals surface area contributed by atoms with Crippen LogP contribution in [0.2, 0.25) is 0 Å². The molecule has 1 aliphatic heterocycles. The van der Waals surface area contributed by atoms with Crippen molar-refractivity contribution in [3.63, 3.8) is 0 Å². The smallest absolute Gasteiger partial charge is 0.379 e. The van der Waals surface area contributed by atoms with Gasteiger partial charge in [0.2, 0.25) is 0 Å². The number of halogens is 7. The van der Waals surface area contributed by atoms with Gasteiger partial charge in [0, 0.05) is 26.2 Å². The van der Waals surface area contributed by atoms with Gasteiger partial charge >= 0.3 is 18.0 Å². The first-order valence-electron chi connectivity index (χ1n) is 6.36. The third-order valence-corrected chi connectivity index (χ3v) is 3.01. The molecular formula is C11H15F7N2O2. The van der Waals surface area contributed by atoms with E-state index in [1.54, 1.807) is 10.2 Å². The van der Waals surface area contributed by atoms with Gasteiger partial charge in [-0.2, -0.15) is 30.7 Å². The molecule has 11 heteroatoms. The van der Waals surface area contributed by atoms with Crippen molar-refractivity contribution in [1.82, 2.24) is 10.2 Å². The van der Waals surface area contributed by atoms with Crippen LogP contribution < -0.4 is 5.32 Å². The predicted molar refractivity (Wildman–Crippen MR) is 60.8 cm³/mol. The van der Waals surface area contributed by atoms with Crippen LogP contribution in [-0.2, 0) is 9.53 Å². The molecule has 0 aliphatic carbocycles. The van der Waals surface area contributed by atoms with Gasteiger partial charge in [-0.25, -0.2) is 0 Å². The Morgan fingerprint density at radius 2 is 1.59 bits per heavy atom. The molecule has 0 aromatic heterocycles. The average molecular weight is 340 g/mol. The molecule has 4 nitrogen and oxygen atoms in total. The molecule has 0 atom stereocenters. The lowest BCUT2D eigenvalue weighted by atomic mass is 10.1. The summed E-state index contributed by atoms with van der Waals surface area (Å²) in [7, 11) is 0. The second kappa shape index (κ2) is 6.99. The standard InChI is InChI=1S/C11H15F7N2O2/c12-9(13,7-10(14,15)11(16,17)18)8(21)19-1-2-20-3-5-22-6-4-20/h1-7H2,(H,19,21). The minimum Gasteiger partial charge on any atom is -0.379 e. The monoisotopic (exact) mass is 340 g/mol. The van der Waals surface area contributed by atoms with Gasteiger partial charge in [-0.15, -0.1) is 0 Å². The van der Waals surface area contributed by atoms with E-state index in [0.29, 0.717) is 26.3 Å². The van der Waals surface area contributed by atoms with Crippen molar-refractivity contribution >= 4 is 5.91 Å². The molecule has 1 rings (SSSR count). The molecule has 0 radical (unpaired) electrons. The Morgan fingerprint density at radius 3 is 2.09 bits per heavy atom. The fourth-order valence-electron chi connectivity index (χ4n) is 1.74. The minimum atomic E-state index is -6.13. The fraction of sp³-hybridized carbons (Fsp3) is 0.909. The Balaban J connectivity index is 2.45. The topological polar surface area (TPSA) is 41.6 Å². The van der Waals surface area contributed by atoms with Crippen molar-refractivity contribution in [1.29, 1.82) is 0 Å². The molecule has 1 fully saturated rings. The van der Waals surface area contributed by atoms with Crippen LogP contribution in [0.25, 0.3) is 0 Å². The normalized spacial score (nSPS) is 18.3. The van der Waals surface area contributed by atoms with Gasteiger partial charge in [0.25, 0.3) is 5.91 Å². The zero-order valence-electron chi connectivity index (χ0n) is 11.4. The Kier molecular flexibility index (Phi) is 6.02. The summed E-state index contributed by atoms with van der Waals surface area (Å²) in [6.07, 6.45) is -9.04. The summed E-state index contributed by atoms with van der Waals surface area (Å²) in [5.41, 5.74) is 0. The molecule has 0 bridgehead atoms. The van der Waals surface area contributed by atoms with Crippen molar-refractivity contribution < 1.29 is 40.3 Å². The number of hydrogen-bond donors (Lipinski definition) is 1. The average Bonchev–Trinajstić information content (AvgIpc) is 2.37. The fourth-order valence-corrected chi connectivity index (χ4v) is 1.74. The van der Waals surface area contributed by atoms with E-state index in [0.717, 1.165) is 0 Å². The van der Waals surface area contributed by atoms with E-state index in [-0.39, 0.29) is 13.1 Å². The molecule has 1 aliphatic rings. The third kappa shape index (κ3) is 5.27. The highest BCUT2D eigenvalue weighted by Gasteiger charge is 2.63. The van der Waals surface area contributed by atoms with Crippen LogP contribution >= 0.6 is 0 Å². The third-order valence-electron chi connectivity index (χ3n) is 3.01. The summed E-state index contributed by atoms with van der Waals surface area (Å²) in [5, 5.41) is 1.67. The lowest BCUT2D eigenvalue weighted by Crippen LogP contribution is -2.50. The van der Waals surface area contributed by atoms with Crippen molar-refractivity contribution in [3.05, 3.63) is 0 Å². The Labute approximate surface area is 121 Å². The van der Waals surface area contributed by atoms with Crippen LogP contribution in [0.4, 0.5) is 30.7 Å². The van der Waals surface area contributed by atoms with Crippen LogP contribution in [0.1, 0.15) is 6.42 Å². The van der Waals surface area contributed by atoms with E-state index in [1.165, 1.54) is 0 Å². The molecule has 1 amide bonds. The van der Waals surface area contributed by atoms with Crippen LogP contribution in [-0.4, -0.2) is 68.2 Å². The van der Waals surface area contributed by atoms with Crippen molar-refractivity contribution in [3.8, 4) is 0 Å². The molecular weight excluding hydrogens is 325 g/mol. The van der Waals surface area contributed by atoms with Gasteiger partial charge in [0.05, 0.1) is 19.6 Å². The second-order valence-electron chi connectivity index (χ2n) is 4.79. The van der Waals surface area contributed by atoms with Crippen molar-refractivity contribution in [2.75, 3.05) is 39.4 Å². The van der Waals surface area contributed by atoms with E-state index in [4.69, 9.17) is 4.74 Å². The number of ether oxygens (including phenoxy) is 1. The molecule has 0 spiro atoms. The molecule has 0 saturated carbocycles. The Hall–Kier alpha value is -1.10. The van der Waals surface area contributed by atoms with E-state index >= 15 is 0 Å². The van der Waals surface area contributed by atoms with Crippen LogP contribution in [0.3, 0.4) is 0 Å². The van der Waals surface area contributed by atoms with Gasteiger partial charge in [-0.1, -0.05) is 0 Å². The number of hydrogen-bond acceptors (Lipinski definition) is 3. The van der Waals surface area contributed by atoms with Gasteiger partial charge in [-0.3, -0.25) is 9.69 Å². The van der Waals surface area contributed by atoms with E-state index in [1.807, 2.05) is 0 Å². The Morgan fingerprint density at radius 1 is 1.05 bits per heavy atom. The highest BCUT2D eigenvalue weighted by atomic mass is 19.4. The van der Waals surface area contributed by atoms with Gasteiger partial charge < -0.3 is 10.1 Å². The maximum absolute atomic E-state index is 13.2. The molecule has 130 valence electrons. The summed E-state index contributed by atoms with van der Waals surface area (Å²) in [6, 6.07) is 0. The first-order valence-corrected chi connectivity index (χ1v) is 6.36. The summed E-state index contributed by atoms with van der Waals surface area (Å²) in [6.45, 7) is 1.77. The SMILES string of the molecule is O=C(NCCN1CCOCC1)C(F)(F)CC(F)(F)C(F)(F)F. The summed E-state index contributed by atoms with van der Waals surface area (Å²) < 4.78 is 92.2. The highest BCUT2D eigenvalue weighted by molar-refractivity contribution is 5.83. The number of nitrogens with zero attached hydrogens (tertiary/aromatic N) is 1. The largest absolute Gasteiger partial charge is 0.453 e. The number of alkyl halides is 7. The minimum absolute atomic E-state index is 0.168. The number of nitrogens with one attached hydrogen (secondary N) is 1. The predicted octanol–water partition coefficient (Wildman–Crippen LogP) is 1.66. The molecule has 0 aromatic rings. The van der Waals surface area contributed by atoms with Crippen LogP contribution in [0, 0.1) is 0 Å². The summed E-state index contributed by atoms with van der Waals surface area (Å²) in [4.78, 5) is 12.9. The lowest BCUT2D eigenvalue weighted by Gasteiger charge is -2.27. The van der Waals surface area contributed by atoms with Crippen molar-refractivity contribution in [2.24, 2.45) is 0 Å². The van der Waals surface area contributed by atoms with E-state index < -0.39 is 30.3 Å². The molecule has 0 unspecified atom stereocenters. The molecule has 0 aromatic carbocycles. The zero-order chi connectivity index (χ0) is 17.0. The van der Waals surface area contributed by atoms with E-state index in [2.05, 4.69) is 0 Å². The molecule has 22 heavy (non-hydrogen) atoms. The number of rotatable bonds is 6. The molecule has 1 saturated heterocycles. The second-order valence-corrected chi connectivity index (χ2v) is 4.79. The number of morpholine rings is 1. The number of carbonyl (C=O) groups is 1. The Bertz CT molecular complexity index is 381. The van der Waals surface area contributed by atoms with Crippen LogP contribution in [0.15, 0.2) is 0 Å². The number of amides is 1. The highest BCUT2D eigenvalue weighted by Crippen LogP contribution is 2.42. The quantitative estimate of drug-likeness (QED) is 0.748. The van der Waals surface area contributed by atoms with Gasteiger partial charge in [0.1, 0.15) is 0 Å². The zero-order valence-corrected chi connectivity index (χ0v) is 11.4.